The maximum atomic E-state index is 15.2. The van der Waals surface area contributed by atoms with Crippen LogP contribution < -0.4 is 4.74 Å². The van der Waals surface area contributed by atoms with Crippen LogP contribution in [0.4, 0.5) is 9.18 Å². The monoisotopic (exact) mass is 476 g/mol. The number of aromatic nitrogens is 2. The van der Waals surface area contributed by atoms with Gasteiger partial charge in [0.1, 0.15) is 28.5 Å². The van der Waals surface area contributed by atoms with Crippen molar-refractivity contribution in [2.24, 2.45) is 0 Å². The lowest BCUT2D eigenvalue weighted by Crippen LogP contribution is -2.58. The van der Waals surface area contributed by atoms with Crippen LogP contribution >= 0.6 is 11.6 Å². The van der Waals surface area contributed by atoms with E-state index in [1.54, 1.807) is 26.8 Å². The van der Waals surface area contributed by atoms with Crippen molar-refractivity contribution in [3.05, 3.63) is 39.9 Å². The Morgan fingerprint density at radius 1 is 1.24 bits per heavy atom. The van der Waals surface area contributed by atoms with Crippen molar-refractivity contribution in [3.8, 4) is 17.1 Å². The third kappa shape index (κ3) is 4.59. The van der Waals surface area contributed by atoms with Gasteiger partial charge in [0.25, 0.3) is 5.91 Å². The van der Waals surface area contributed by atoms with E-state index in [9.17, 15) is 9.59 Å². The number of aryl methyl sites for hydroxylation is 2. The molecule has 2 aliphatic heterocycles. The molecular weight excluding hydrogens is 451 g/mol. The van der Waals surface area contributed by atoms with Crippen LogP contribution in [0.1, 0.15) is 42.4 Å². The summed E-state index contributed by atoms with van der Waals surface area (Å²) in [4.78, 5) is 37.2. The molecule has 0 saturated carbocycles. The number of hydrogen-bond donors (Lipinski definition) is 0. The Hall–Kier alpha value is -2.94. The molecule has 8 nitrogen and oxygen atoms in total. The average molecular weight is 477 g/mol. The van der Waals surface area contributed by atoms with Gasteiger partial charge in [-0.1, -0.05) is 11.6 Å². The molecule has 0 radical (unpaired) electrons. The number of piperazine rings is 1. The highest BCUT2D eigenvalue weighted by atomic mass is 35.5. The molecule has 0 spiro atoms. The van der Waals surface area contributed by atoms with E-state index in [1.807, 2.05) is 19.9 Å². The number of amides is 2. The summed E-state index contributed by atoms with van der Waals surface area (Å²) in [5.74, 6) is -1.59. The molecule has 0 aromatic carbocycles. The van der Waals surface area contributed by atoms with Crippen LogP contribution in [-0.4, -0.2) is 69.7 Å². The molecule has 2 aromatic rings. The zero-order valence-corrected chi connectivity index (χ0v) is 20.0. The van der Waals surface area contributed by atoms with Crippen molar-refractivity contribution in [2.45, 2.75) is 46.3 Å². The van der Waals surface area contributed by atoms with Crippen molar-refractivity contribution in [3.63, 3.8) is 0 Å². The average Bonchev–Trinajstić information content (AvgIpc) is 2.85. The summed E-state index contributed by atoms with van der Waals surface area (Å²) in [5.41, 5.74) is 1.22. The molecule has 1 saturated heterocycles. The zero-order chi connectivity index (χ0) is 24.1. The van der Waals surface area contributed by atoms with Gasteiger partial charge in [-0.2, -0.15) is 4.39 Å². The van der Waals surface area contributed by atoms with Crippen molar-refractivity contribution >= 4 is 23.6 Å². The predicted octanol–water partition coefficient (Wildman–Crippen LogP) is 4.01. The van der Waals surface area contributed by atoms with E-state index < -0.39 is 29.6 Å². The second kappa shape index (κ2) is 8.44. The van der Waals surface area contributed by atoms with Crippen LogP contribution in [0.2, 0.25) is 5.02 Å². The fourth-order valence-electron chi connectivity index (χ4n) is 4.05. The van der Waals surface area contributed by atoms with Crippen LogP contribution in [-0.2, 0) is 4.74 Å². The summed E-state index contributed by atoms with van der Waals surface area (Å²) in [6.07, 6.45) is -0.467. The molecule has 0 unspecified atom stereocenters. The normalized spacial score (nSPS) is 18.3. The number of fused-ring (bicyclic) bond motifs is 2. The lowest BCUT2D eigenvalue weighted by atomic mass is 10.1. The van der Waals surface area contributed by atoms with Crippen LogP contribution in [0.15, 0.2) is 12.1 Å². The number of pyridine rings is 2. The summed E-state index contributed by atoms with van der Waals surface area (Å²) in [7, 11) is 0. The van der Waals surface area contributed by atoms with Gasteiger partial charge in [0.15, 0.2) is 5.75 Å². The quantitative estimate of drug-likeness (QED) is 0.578. The Balaban J connectivity index is 1.66. The second-order valence-electron chi connectivity index (χ2n) is 9.33. The summed E-state index contributed by atoms with van der Waals surface area (Å²) >= 11 is 6.58. The first-order valence-electron chi connectivity index (χ1n) is 10.7. The van der Waals surface area contributed by atoms with Crippen molar-refractivity contribution < 1.29 is 23.5 Å². The molecule has 33 heavy (non-hydrogen) atoms. The molecule has 2 aromatic heterocycles. The molecule has 1 atom stereocenters. The first kappa shape index (κ1) is 23.2. The highest BCUT2D eigenvalue weighted by molar-refractivity contribution is 6.35. The molecule has 0 aliphatic carbocycles. The van der Waals surface area contributed by atoms with E-state index in [0.29, 0.717) is 5.69 Å². The number of carbonyl (C=O) groups is 2. The number of rotatable bonds is 1. The second-order valence-corrected chi connectivity index (χ2v) is 9.71. The molecule has 1 fully saturated rings. The van der Waals surface area contributed by atoms with E-state index in [2.05, 4.69) is 9.97 Å². The van der Waals surface area contributed by atoms with Crippen LogP contribution in [0.3, 0.4) is 0 Å². The Morgan fingerprint density at radius 2 is 1.97 bits per heavy atom. The van der Waals surface area contributed by atoms with Crippen molar-refractivity contribution in [1.29, 1.82) is 0 Å². The number of halogens is 2. The number of carbonyl (C=O) groups excluding carboxylic acids is 2. The first-order valence-corrected chi connectivity index (χ1v) is 11.1. The maximum absolute atomic E-state index is 15.2. The topological polar surface area (TPSA) is 84.9 Å². The van der Waals surface area contributed by atoms with Crippen LogP contribution in [0.25, 0.3) is 11.4 Å². The Morgan fingerprint density at radius 3 is 2.64 bits per heavy atom. The third-order valence-corrected chi connectivity index (χ3v) is 5.77. The van der Waals surface area contributed by atoms with Crippen molar-refractivity contribution in [1.82, 2.24) is 19.8 Å². The molecule has 176 valence electrons. The summed E-state index contributed by atoms with van der Waals surface area (Å²) in [5, 5.41) is 0.0288. The van der Waals surface area contributed by atoms with Gasteiger partial charge in [0, 0.05) is 25.3 Å². The van der Waals surface area contributed by atoms with Gasteiger partial charge in [0.05, 0.1) is 11.7 Å². The summed E-state index contributed by atoms with van der Waals surface area (Å²) in [6, 6.07) is 3.14. The SMILES string of the molecule is Cc1cc(C)nc(-c2nc(F)c3c(c2Cl)OC[C@H]2CN(C(=O)OC(C)(C)C)CCN2C3=O)c1. The number of nitrogens with zero attached hydrogens (tertiary/aromatic N) is 4. The molecule has 4 rings (SSSR count). The maximum Gasteiger partial charge on any atom is 0.410 e. The van der Waals surface area contributed by atoms with Crippen LogP contribution in [0, 0.1) is 19.8 Å². The minimum Gasteiger partial charge on any atom is -0.489 e. The van der Waals surface area contributed by atoms with E-state index in [-0.39, 0.29) is 48.3 Å². The van der Waals surface area contributed by atoms with Crippen molar-refractivity contribution in [2.75, 3.05) is 26.2 Å². The fourth-order valence-corrected chi connectivity index (χ4v) is 4.34. The Kier molecular flexibility index (Phi) is 5.94. The van der Waals surface area contributed by atoms with Gasteiger partial charge in [-0.25, -0.2) is 9.78 Å². The van der Waals surface area contributed by atoms with E-state index in [4.69, 9.17) is 21.1 Å². The zero-order valence-electron chi connectivity index (χ0n) is 19.2. The highest BCUT2D eigenvalue weighted by Gasteiger charge is 2.40. The molecule has 2 amide bonds. The van der Waals surface area contributed by atoms with E-state index >= 15 is 4.39 Å². The Labute approximate surface area is 196 Å². The van der Waals surface area contributed by atoms with Crippen LogP contribution in [0.5, 0.6) is 5.75 Å². The minimum absolute atomic E-state index is 0.0288. The molecular formula is C23H26ClFN4O4. The van der Waals surface area contributed by atoms with Gasteiger partial charge in [-0.3, -0.25) is 9.78 Å². The smallest absolute Gasteiger partial charge is 0.410 e. The fraction of sp³-hybridized carbons (Fsp3) is 0.478. The van der Waals surface area contributed by atoms with Gasteiger partial charge < -0.3 is 19.3 Å². The standard InChI is InChI=1S/C23H26ClFN4O4/c1-12-8-13(2)26-15(9-12)18-17(24)19-16(20(25)27-18)21(30)29-7-6-28(10-14(29)11-32-19)22(31)33-23(3,4)5/h8-9,14H,6-7,10-11H2,1-5H3/t14-/m1/s1. The van der Waals surface area contributed by atoms with Gasteiger partial charge in [-0.15, -0.1) is 0 Å². The lowest BCUT2D eigenvalue weighted by molar-refractivity contribution is 0.000892. The lowest BCUT2D eigenvalue weighted by Gasteiger charge is -2.40. The highest BCUT2D eigenvalue weighted by Crippen LogP contribution is 2.40. The third-order valence-electron chi connectivity index (χ3n) is 5.42. The number of ether oxygens (including phenoxy) is 2. The van der Waals surface area contributed by atoms with Gasteiger partial charge in [-0.05, 0) is 52.3 Å². The number of hydrogen-bond acceptors (Lipinski definition) is 6. The van der Waals surface area contributed by atoms with E-state index in [1.165, 1.54) is 9.80 Å². The summed E-state index contributed by atoms with van der Waals surface area (Å²) < 4.78 is 26.5. The van der Waals surface area contributed by atoms with Gasteiger partial charge >= 0.3 is 6.09 Å². The molecule has 4 heterocycles. The largest absolute Gasteiger partial charge is 0.489 e. The van der Waals surface area contributed by atoms with E-state index in [0.717, 1.165) is 11.3 Å². The molecule has 2 aliphatic rings. The Bertz CT molecular complexity index is 1110. The molecule has 10 heteroatoms. The molecule has 0 bridgehead atoms. The molecule has 0 N–H and O–H groups in total. The first-order chi connectivity index (χ1) is 15.4. The van der Waals surface area contributed by atoms with Gasteiger partial charge in [0.2, 0.25) is 5.95 Å². The summed E-state index contributed by atoms with van der Waals surface area (Å²) in [6.45, 7) is 9.79. The predicted molar refractivity (Wildman–Crippen MR) is 120 cm³/mol. The minimum atomic E-state index is -0.967.